The van der Waals surface area contributed by atoms with E-state index >= 15 is 0 Å². The molecule has 0 spiro atoms. The monoisotopic (exact) mass is 367 g/mol. The molecule has 2 nitrogen and oxygen atoms in total. The van der Waals surface area contributed by atoms with Crippen LogP contribution in [-0.2, 0) is 11.3 Å². The van der Waals surface area contributed by atoms with E-state index in [4.69, 9.17) is 22.1 Å². The number of rotatable bonds is 6. The van der Waals surface area contributed by atoms with E-state index in [1.54, 1.807) is 0 Å². The van der Waals surface area contributed by atoms with Gasteiger partial charge in [0.2, 0.25) is 0 Å². The Morgan fingerprint density at radius 3 is 2.62 bits per heavy atom. The lowest BCUT2D eigenvalue weighted by Gasteiger charge is -2.25. The van der Waals surface area contributed by atoms with Gasteiger partial charge in [-0.2, -0.15) is 0 Å². The summed E-state index contributed by atoms with van der Waals surface area (Å²) in [6.07, 6.45) is 0.700. The molecule has 21 heavy (non-hydrogen) atoms. The van der Waals surface area contributed by atoms with E-state index in [1.807, 2.05) is 48.5 Å². The zero-order valence-corrected chi connectivity index (χ0v) is 14.3. The summed E-state index contributed by atoms with van der Waals surface area (Å²) in [7, 11) is 0. The first kappa shape index (κ1) is 16.5. The van der Waals surface area contributed by atoms with Crippen molar-refractivity contribution in [2.75, 3.05) is 0 Å². The highest BCUT2D eigenvalue weighted by Crippen LogP contribution is 2.30. The number of benzene rings is 2. The van der Waals surface area contributed by atoms with Crippen molar-refractivity contribution in [3.8, 4) is 0 Å². The highest BCUT2D eigenvalue weighted by atomic mass is 79.9. The van der Waals surface area contributed by atoms with Crippen molar-refractivity contribution in [1.29, 1.82) is 0 Å². The summed E-state index contributed by atoms with van der Waals surface area (Å²) >= 11 is 9.58. The van der Waals surface area contributed by atoms with Gasteiger partial charge in [-0.05, 0) is 35.7 Å². The fraction of sp³-hybridized carbons (Fsp3) is 0.294. The third kappa shape index (κ3) is 4.55. The minimum Gasteiger partial charge on any atom is -0.367 e. The van der Waals surface area contributed by atoms with Gasteiger partial charge in [-0.25, -0.2) is 0 Å². The molecule has 0 radical (unpaired) electrons. The quantitative estimate of drug-likeness (QED) is 0.770. The molecule has 4 heteroatoms. The molecule has 2 unspecified atom stereocenters. The predicted octanol–water partition coefficient (Wildman–Crippen LogP) is 5.10. The van der Waals surface area contributed by atoms with Crippen LogP contribution in [0.1, 0.15) is 30.6 Å². The van der Waals surface area contributed by atoms with Gasteiger partial charge < -0.3 is 10.5 Å². The molecule has 0 fully saturated rings. The Labute approximate surface area is 139 Å². The topological polar surface area (TPSA) is 35.2 Å². The summed E-state index contributed by atoms with van der Waals surface area (Å²) in [6.45, 7) is 2.55. The summed E-state index contributed by atoms with van der Waals surface area (Å²) in [5.74, 6) is 0. The molecule has 0 saturated carbocycles. The summed E-state index contributed by atoms with van der Waals surface area (Å²) in [4.78, 5) is 0. The largest absolute Gasteiger partial charge is 0.367 e. The number of halogens is 2. The van der Waals surface area contributed by atoms with Crippen LogP contribution in [0.25, 0.3) is 0 Å². The maximum Gasteiger partial charge on any atom is 0.0991 e. The van der Waals surface area contributed by atoms with Crippen LogP contribution in [0.5, 0.6) is 0 Å². The smallest absolute Gasteiger partial charge is 0.0991 e. The van der Waals surface area contributed by atoms with Gasteiger partial charge in [-0.3, -0.25) is 0 Å². The molecule has 2 aromatic rings. The second-order valence-corrected chi connectivity index (χ2v) is 6.25. The molecule has 2 atom stereocenters. The molecule has 112 valence electrons. The summed E-state index contributed by atoms with van der Waals surface area (Å²) < 4.78 is 7.11. The molecule has 0 bridgehead atoms. The molecule has 0 saturated heterocycles. The Morgan fingerprint density at radius 2 is 1.95 bits per heavy atom. The van der Waals surface area contributed by atoms with Crippen molar-refractivity contribution < 1.29 is 4.74 Å². The predicted molar refractivity (Wildman–Crippen MR) is 91.4 cm³/mol. The van der Waals surface area contributed by atoms with E-state index in [2.05, 4.69) is 22.9 Å². The van der Waals surface area contributed by atoms with E-state index in [0.29, 0.717) is 11.6 Å². The Balaban J connectivity index is 2.16. The van der Waals surface area contributed by atoms with Gasteiger partial charge in [-0.1, -0.05) is 64.8 Å². The van der Waals surface area contributed by atoms with Crippen LogP contribution in [0.3, 0.4) is 0 Å². The molecular formula is C17H19BrClNO. The lowest BCUT2D eigenvalue weighted by molar-refractivity contribution is 0.0208. The third-order valence-electron chi connectivity index (χ3n) is 3.39. The molecule has 0 heterocycles. The maximum atomic E-state index is 6.24. The summed E-state index contributed by atoms with van der Waals surface area (Å²) in [5.41, 5.74) is 8.36. The van der Waals surface area contributed by atoms with Crippen LogP contribution < -0.4 is 5.73 Å². The number of nitrogens with two attached hydrogens (primary N) is 1. The number of ether oxygens (including phenoxy) is 1. The fourth-order valence-electron chi connectivity index (χ4n) is 2.18. The van der Waals surface area contributed by atoms with E-state index in [-0.39, 0.29) is 12.1 Å². The van der Waals surface area contributed by atoms with E-state index in [0.717, 1.165) is 22.0 Å². The SMILES string of the molecule is CCC(N)C(OCc1cccc(Cl)c1)c1ccccc1Br. The van der Waals surface area contributed by atoms with Crippen LogP contribution in [0.15, 0.2) is 53.0 Å². The summed E-state index contributed by atoms with van der Waals surface area (Å²) in [5, 5.41) is 0.716. The van der Waals surface area contributed by atoms with Crippen LogP contribution in [0.4, 0.5) is 0 Å². The third-order valence-corrected chi connectivity index (χ3v) is 4.35. The van der Waals surface area contributed by atoms with Gasteiger partial charge in [0.25, 0.3) is 0 Å². The molecular weight excluding hydrogens is 350 g/mol. The standard InChI is InChI=1S/C17H19BrClNO/c1-2-16(20)17(14-8-3-4-9-15(14)18)21-11-12-6-5-7-13(19)10-12/h3-10,16-17H,2,11,20H2,1H3. The van der Waals surface area contributed by atoms with Crippen LogP contribution in [0.2, 0.25) is 5.02 Å². The molecule has 2 rings (SSSR count). The molecule has 0 aliphatic heterocycles. The number of hydrogen-bond acceptors (Lipinski definition) is 2. The van der Waals surface area contributed by atoms with Crippen molar-refractivity contribution in [3.05, 3.63) is 69.2 Å². The maximum absolute atomic E-state index is 6.24. The van der Waals surface area contributed by atoms with Gasteiger partial charge in [-0.15, -0.1) is 0 Å². The number of hydrogen-bond donors (Lipinski definition) is 1. The lowest BCUT2D eigenvalue weighted by atomic mass is 10.0. The molecule has 0 aliphatic rings. The summed E-state index contributed by atoms with van der Waals surface area (Å²) in [6, 6.07) is 15.7. The van der Waals surface area contributed by atoms with Gasteiger partial charge >= 0.3 is 0 Å². The Hall–Kier alpha value is -0.870. The Bertz CT molecular complexity index is 591. The average Bonchev–Trinajstić information content (AvgIpc) is 2.49. The van der Waals surface area contributed by atoms with Crippen molar-refractivity contribution in [1.82, 2.24) is 0 Å². The minimum absolute atomic E-state index is 0.0529. The molecule has 0 aliphatic carbocycles. The minimum atomic E-state index is -0.149. The van der Waals surface area contributed by atoms with Crippen LogP contribution in [-0.4, -0.2) is 6.04 Å². The van der Waals surface area contributed by atoms with Crippen LogP contribution in [0, 0.1) is 0 Å². The Morgan fingerprint density at radius 1 is 1.19 bits per heavy atom. The first-order valence-corrected chi connectivity index (χ1v) is 8.15. The van der Waals surface area contributed by atoms with E-state index in [9.17, 15) is 0 Å². The van der Waals surface area contributed by atoms with E-state index in [1.165, 1.54) is 0 Å². The van der Waals surface area contributed by atoms with Gasteiger partial charge in [0, 0.05) is 15.5 Å². The second-order valence-electron chi connectivity index (χ2n) is 4.96. The normalized spacial score (nSPS) is 13.9. The second kappa shape index (κ2) is 7.95. The zero-order chi connectivity index (χ0) is 15.2. The van der Waals surface area contributed by atoms with Crippen LogP contribution >= 0.6 is 27.5 Å². The average molecular weight is 369 g/mol. The van der Waals surface area contributed by atoms with Crippen molar-refractivity contribution in [3.63, 3.8) is 0 Å². The lowest BCUT2D eigenvalue weighted by Crippen LogP contribution is -2.29. The van der Waals surface area contributed by atoms with Gasteiger partial charge in [0.15, 0.2) is 0 Å². The van der Waals surface area contributed by atoms with E-state index < -0.39 is 0 Å². The fourth-order valence-corrected chi connectivity index (χ4v) is 2.90. The first-order valence-electron chi connectivity index (χ1n) is 6.98. The van der Waals surface area contributed by atoms with Crippen molar-refractivity contribution >= 4 is 27.5 Å². The van der Waals surface area contributed by atoms with Crippen molar-refractivity contribution in [2.24, 2.45) is 5.73 Å². The zero-order valence-electron chi connectivity index (χ0n) is 11.9. The first-order chi connectivity index (χ1) is 10.1. The molecule has 0 aromatic heterocycles. The highest BCUT2D eigenvalue weighted by Gasteiger charge is 2.21. The van der Waals surface area contributed by atoms with Crippen molar-refractivity contribution in [2.45, 2.75) is 32.1 Å². The van der Waals surface area contributed by atoms with Gasteiger partial charge in [0.05, 0.1) is 12.7 Å². The highest BCUT2D eigenvalue weighted by molar-refractivity contribution is 9.10. The molecule has 0 amide bonds. The van der Waals surface area contributed by atoms with Gasteiger partial charge in [0.1, 0.15) is 0 Å². The Kier molecular flexibility index (Phi) is 6.24. The molecule has 2 N–H and O–H groups in total. The molecule has 2 aromatic carbocycles.